The van der Waals surface area contributed by atoms with Crippen molar-refractivity contribution in [2.45, 2.75) is 25.5 Å². The minimum atomic E-state index is -0.153. The summed E-state index contributed by atoms with van der Waals surface area (Å²) in [7, 11) is 1.74. The minimum Gasteiger partial charge on any atom is -0.381 e. The molecule has 0 radical (unpaired) electrons. The van der Waals surface area contributed by atoms with Gasteiger partial charge in [-0.2, -0.15) is 5.10 Å². The Labute approximate surface area is 106 Å². The molecule has 5 heteroatoms. The fraction of sp³-hybridized carbons (Fsp3) is 0.538. The minimum absolute atomic E-state index is 0.153. The number of hydrogen-bond donors (Lipinski definition) is 0. The average Bonchev–Trinajstić information content (AvgIpc) is 2.41. The second-order valence-corrected chi connectivity index (χ2v) is 4.34. The van der Waals surface area contributed by atoms with Crippen LogP contribution in [-0.2, 0) is 11.3 Å². The molecular weight excluding hydrogens is 230 g/mol. The fourth-order valence-electron chi connectivity index (χ4n) is 2.15. The molecule has 0 unspecified atom stereocenters. The Bertz CT molecular complexity index is 496. The van der Waals surface area contributed by atoms with Gasteiger partial charge in [-0.15, -0.1) is 6.42 Å². The molecule has 18 heavy (non-hydrogen) atoms. The Morgan fingerprint density at radius 1 is 1.56 bits per heavy atom. The van der Waals surface area contributed by atoms with Crippen molar-refractivity contribution in [1.82, 2.24) is 9.78 Å². The van der Waals surface area contributed by atoms with Crippen molar-refractivity contribution in [2.24, 2.45) is 0 Å². The summed E-state index contributed by atoms with van der Waals surface area (Å²) < 4.78 is 6.60. The van der Waals surface area contributed by atoms with Gasteiger partial charge < -0.3 is 9.64 Å². The van der Waals surface area contributed by atoms with Gasteiger partial charge in [0.1, 0.15) is 6.54 Å². The molecule has 0 saturated carbocycles. The van der Waals surface area contributed by atoms with Crippen molar-refractivity contribution in [3.8, 4) is 12.3 Å². The van der Waals surface area contributed by atoms with Gasteiger partial charge in [-0.05, 0) is 12.8 Å². The van der Waals surface area contributed by atoms with Gasteiger partial charge >= 0.3 is 0 Å². The first kappa shape index (κ1) is 12.7. The molecule has 1 fully saturated rings. The van der Waals surface area contributed by atoms with Crippen LogP contribution < -0.4 is 10.5 Å². The molecule has 0 amide bonds. The van der Waals surface area contributed by atoms with E-state index in [9.17, 15) is 4.79 Å². The Morgan fingerprint density at radius 2 is 2.28 bits per heavy atom. The van der Waals surface area contributed by atoms with Gasteiger partial charge in [0.05, 0.1) is 18.0 Å². The van der Waals surface area contributed by atoms with Crippen LogP contribution in [0.5, 0.6) is 0 Å². The highest BCUT2D eigenvalue weighted by atomic mass is 16.5. The van der Waals surface area contributed by atoms with Crippen molar-refractivity contribution < 1.29 is 4.74 Å². The predicted molar refractivity (Wildman–Crippen MR) is 69.6 cm³/mol. The zero-order chi connectivity index (χ0) is 13.0. The van der Waals surface area contributed by atoms with E-state index in [4.69, 9.17) is 11.2 Å². The quantitative estimate of drug-likeness (QED) is 0.729. The van der Waals surface area contributed by atoms with Gasteiger partial charge in [0, 0.05) is 26.3 Å². The third kappa shape index (κ3) is 2.71. The fourth-order valence-corrected chi connectivity index (χ4v) is 2.15. The summed E-state index contributed by atoms with van der Waals surface area (Å²) in [6.45, 7) is 1.99. The van der Waals surface area contributed by atoms with Crippen LogP contribution in [0.25, 0.3) is 0 Å². The lowest BCUT2D eigenvalue weighted by molar-refractivity contribution is 0.0819. The van der Waals surface area contributed by atoms with Crippen LogP contribution in [0.15, 0.2) is 17.1 Å². The molecule has 0 bridgehead atoms. The molecule has 2 heterocycles. The largest absolute Gasteiger partial charge is 0.381 e. The molecule has 5 nitrogen and oxygen atoms in total. The summed E-state index contributed by atoms with van der Waals surface area (Å²) in [5.74, 6) is 2.41. The lowest BCUT2D eigenvalue weighted by Gasteiger charge is -2.32. The zero-order valence-electron chi connectivity index (χ0n) is 10.5. The first-order valence-corrected chi connectivity index (χ1v) is 6.03. The Balaban J connectivity index is 2.09. The van der Waals surface area contributed by atoms with Crippen LogP contribution in [0.4, 0.5) is 5.69 Å². The Morgan fingerprint density at radius 3 is 2.83 bits per heavy atom. The van der Waals surface area contributed by atoms with E-state index in [1.54, 1.807) is 19.4 Å². The van der Waals surface area contributed by atoms with E-state index in [1.807, 2.05) is 0 Å². The summed E-state index contributed by atoms with van der Waals surface area (Å²) in [5.41, 5.74) is 0.710. The third-order valence-corrected chi connectivity index (χ3v) is 3.24. The summed E-state index contributed by atoms with van der Waals surface area (Å²) in [6, 6.07) is 1.59. The highest BCUT2D eigenvalue weighted by molar-refractivity contribution is 5.43. The topological polar surface area (TPSA) is 47.4 Å². The average molecular weight is 247 g/mol. The van der Waals surface area contributed by atoms with Crippen molar-refractivity contribution in [2.75, 3.05) is 25.1 Å². The van der Waals surface area contributed by atoms with Crippen LogP contribution >= 0.6 is 0 Å². The maximum absolute atomic E-state index is 11.7. The monoisotopic (exact) mass is 247 g/mol. The molecule has 1 aliphatic heterocycles. The maximum atomic E-state index is 11.7. The summed E-state index contributed by atoms with van der Waals surface area (Å²) >= 11 is 0. The van der Waals surface area contributed by atoms with E-state index in [0.717, 1.165) is 31.6 Å². The van der Waals surface area contributed by atoms with Gasteiger partial charge in [-0.1, -0.05) is 5.92 Å². The number of anilines is 1. The van der Waals surface area contributed by atoms with Gasteiger partial charge in [0.25, 0.3) is 5.56 Å². The van der Waals surface area contributed by atoms with Crippen molar-refractivity contribution in [3.05, 3.63) is 22.6 Å². The van der Waals surface area contributed by atoms with Crippen LogP contribution in [0.3, 0.4) is 0 Å². The van der Waals surface area contributed by atoms with Gasteiger partial charge in [-0.3, -0.25) is 4.79 Å². The number of methoxy groups -OCH3 is 1. The van der Waals surface area contributed by atoms with E-state index in [1.165, 1.54) is 4.68 Å². The first-order valence-electron chi connectivity index (χ1n) is 6.03. The van der Waals surface area contributed by atoms with E-state index >= 15 is 0 Å². The molecule has 96 valence electrons. The van der Waals surface area contributed by atoms with Gasteiger partial charge in [0.15, 0.2) is 0 Å². The number of piperidine rings is 1. The second kappa shape index (κ2) is 5.69. The summed E-state index contributed by atoms with van der Waals surface area (Å²) in [4.78, 5) is 13.9. The summed E-state index contributed by atoms with van der Waals surface area (Å²) in [6.07, 6.45) is 9.15. The molecule has 0 spiro atoms. The highest BCUT2D eigenvalue weighted by Gasteiger charge is 2.19. The van der Waals surface area contributed by atoms with E-state index in [2.05, 4.69) is 15.9 Å². The van der Waals surface area contributed by atoms with Crippen molar-refractivity contribution in [1.29, 1.82) is 0 Å². The molecule has 1 saturated heterocycles. The number of hydrogen-bond acceptors (Lipinski definition) is 4. The Kier molecular flexibility index (Phi) is 4.00. The van der Waals surface area contributed by atoms with Crippen LogP contribution in [0, 0.1) is 12.3 Å². The maximum Gasteiger partial charge on any atom is 0.269 e. The Hall–Kier alpha value is -1.80. The lowest BCUT2D eigenvalue weighted by atomic mass is 10.1. The predicted octanol–water partition coefficient (Wildman–Crippen LogP) is 0.492. The molecule has 1 aromatic heterocycles. The standard InChI is InChI=1S/C13H17N3O2/c1-3-6-16-13(17)9-11(10-14-16)15-7-4-12(18-2)5-8-15/h1,9-10,12H,4-8H2,2H3. The molecular formula is C13H17N3O2. The molecule has 1 aromatic rings. The molecule has 0 N–H and O–H groups in total. The number of rotatable bonds is 3. The van der Waals surface area contributed by atoms with Crippen molar-refractivity contribution >= 4 is 5.69 Å². The van der Waals surface area contributed by atoms with Crippen LogP contribution in [0.1, 0.15) is 12.8 Å². The molecule has 2 rings (SSSR count). The second-order valence-electron chi connectivity index (χ2n) is 4.34. The molecule has 0 aliphatic carbocycles. The van der Waals surface area contributed by atoms with E-state index in [-0.39, 0.29) is 12.1 Å². The van der Waals surface area contributed by atoms with E-state index in [0.29, 0.717) is 6.10 Å². The normalized spacial score (nSPS) is 16.6. The molecule has 1 aliphatic rings. The van der Waals surface area contributed by atoms with Gasteiger partial charge in [0.2, 0.25) is 0 Å². The van der Waals surface area contributed by atoms with Gasteiger partial charge in [-0.25, -0.2) is 4.68 Å². The zero-order valence-corrected chi connectivity index (χ0v) is 10.5. The summed E-state index contributed by atoms with van der Waals surface area (Å²) in [5, 5.41) is 4.07. The van der Waals surface area contributed by atoms with Crippen LogP contribution in [0.2, 0.25) is 0 Å². The SMILES string of the molecule is C#CCn1ncc(N2CCC(OC)CC2)cc1=O. The molecule has 0 aromatic carbocycles. The number of ether oxygens (including phenoxy) is 1. The van der Waals surface area contributed by atoms with E-state index < -0.39 is 0 Å². The molecule has 0 atom stereocenters. The number of nitrogens with zero attached hydrogens (tertiary/aromatic N) is 3. The van der Waals surface area contributed by atoms with Crippen LogP contribution in [-0.4, -0.2) is 36.1 Å². The smallest absolute Gasteiger partial charge is 0.269 e. The number of terminal acetylenes is 1. The van der Waals surface area contributed by atoms with Crippen molar-refractivity contribution in [3.63, 3.8) is 0 Å². The first-order chi connectivity index (χ1) is 8.74. The third-order valence-electron chi connectivity index (χ3n) is 3.24. The number of aromatic nitrogens is 2. The lowest BCUT2D eigenvalue weighted by Crippen LogP contribution is -2.37. The highest BCUT2D eigenvalue weighted by Crippen LogP contribution is 2.18.